The first-order valence-corrected chi connectivity index (χ1v) is 4.67. The van der Waals surface area contributed by atoms with Gasteiger partial charge in [0.15, 0.2) is 0 Å². The van der Waals surface area contributed by atoms with Gasteiger partial charge in [-0.3, -0.25) is 4.68 Å². The Hall–Kier alpha value is -1.71. The van der Waals surface area contributed by atoms with Crippen LogP contribution >= 0.6 is 0 Å². The molecule has 0 unspecified atom stereocenters. The summed E-state index contributed by atoms with van der Waals surface area (Å²) in [5.74, 6) is 0.925. The van der Waals surface area contributed by atoms with Gasteiger partial charge in [0.2, 0.25) is 0 Å². The van der Waals surface area contributed by atoms with Gasteiger partial charge in [0.1, 0.15) is 5.76 Å². The molecule has 2 aromatic rings. The number of aryl methyl sites for hydroxylation is 1. The van der Waals surface area contributed by atoms with Crippen LogP contribution in [-0.2, 0) is 13.1 Å². The zero-order valence-electron chi connectivity index (χ0n) is 8.10. The number of anilines is 1. The van der Waals surface area contributed by atoms with Crippen LogP contribution in [0.2, 0.25) is 0 Å². The molecular weight excluding hydrogens is 178 g/mol. The van der Waals surface area contributed by atoms with E-state index >= 15 is 0 Å². The molecule has 2 heterocycles. The third-order valence-corrected chi connectivity index (χ3v) is 2.00. The van der Waals surface area contributed by atoms with Crippen molar-refractivity contribution in [2.24, 2.45) is 0 Å². The Morgan fingerprint density at radius 3 is 3.14 bits per heavy atom. The second-order valence-corrected chi connectivity index (χ2v) is 3.02. The van der Waals surface area contributed by atoms with Crippen LogP contribution < -0.4 is 5.32 Å². The Morgan fingerprint density at radius 2 is 2.50 bits per heavy atom. The maximum absolute atomic E-state index is 5.20. The summed E-state index contributed by atoms with van der Waals surface area (Å²) in [6, 6.07) is 3.82. The van der Waals surface area contributed by atoms with E-state index in [9.17, 15) is 0 Å². The number of hydrogen-bond donors (Lipinski definition) is 1. The van der Waals surface area contributed by atoms with E-state index < -0.39 is 0 Å². The third kappa shape index (κ3) is 1.96. The first-order valence-electron chi connectivity index (χ1n) is 4.67. The molecule has 0 bridgehead atoms. The van der Waals surface area contributed by atoms with Gasteiger partial charge in [-0.15, -0.1) is 0 Å². The molecule has 1 N–H and O–H groups in total. The summed E-state index contributed by atoms with van der Waals surface area (Å²) in [6.07, 6.45) is 5.46. The van der Waals surface area contributed by atoms with Crippen molar-refractivity contribution in [1.29, 1.82) is 0 Å². The lowest BCUT2D eigenvalue weighted by atomic mass is 10.4. The molecule has 0 aliphatic rings. The molecule has 0 saturated heterocycles. The Labute approximate surface area is 82.5 Å². The molecule has 0 saturated carbocycles. The molecule has 0 amide bonds. The summed E-state index contributed by atoms with van der Waals surface area (Å²) >= 11 is 0. The largest absolute Gasteiger partial charge is 0.467 e. The third-order valence-electron chi connectivity index (χ3n) is 2.00. The molecule has 0 fully saturated rings. The highest BCUT2D eigenvalue weighted by atomic mass is 16.3. The van der Waals surface area contributed by atoms with Crippen molar-refractivity contribution in [3.05, 3.63) is 36.5 Å². The van der Waals surface area contributed by atoms with Gasteiger partial charge < -0.3 is 9.73 Å². The quantitative estimate of drug-likeness (QED) is 0.804. The zero-order chi connectivity index (χ0) is 9.80. The minimum atomic E-state index is 0.697. The molecule has 2 aromatic heterocycles. The highest BCUT2D eigenvalue weighted by Gasteiger charge is 1.98. The van der Waals surface area contributed by atoms with Crippen LogP contribution in [0.1, 0.15) is 12.7 Å². The van der Waals surface area contributed by atoms with E-state index in [0.29, 0.717) is 6.54 Å². The Morgan fingerprint density at radius 1 is 1.57 bits per heavy atom. The summed E-state index contributed by atoms with van der Waals surface area (Å²) in [5.41, 5.74) is 1.02. The SMILES string of the molecule is CCn1cc(NCc2ccco2)cn1. The first kappa shape index (κ1) is 8.87. The predicted octanol–water partition coefficient (Wildman–Crippen LogP) is 2.11. The molecule has 0 aromatic carbocycles. The lowest BCUT2D eigenvalue weighted by molar-refractivity contribution is 0.518. The van der Waals surface area contributed by atoms with Crippen molar-refractivity contribution < 1.29 is 4.42 Å². The summed E-state index contributed by atoms with van der Waals surface area (Å²) < 4.78 is 7.08. The molecule has 0 atom stereocenters. The second kappa shape index (κ2) is 4.00. The number of aromatic nitrogens is 2. The van der Waals surface area contributed by atoms with E-state index in [1.807, 2.05) is 29.2 Å². The fourth-order valence-electron chi connectivity index (χ4n) is 1.23. The van der Waals surface area contributed by atoms with Crippen LogP contribution in [0, 0.1) is 0 Å². The molecule has 4 nitrogen and oxygen atoms in total. The minimum Gasteiger partial charge on any atom is -0.467 e. The van der Waals surface area contributed by atoms with E-state index in [1.165, 1.54) is 0 Å². The summed E-state index contributed by atoms with van der Waals surface area (Å²) in [6.45, 7) is 3.65. The highest BCUT2D eigenvalue weighted by molar-refractivity contribution is 5.38. The van der Waals surface area contributed by atoms with Crippen LogP contribution in [0.15, 0.2) is 35.2 Å². The Kier molecular flexibility index (Phi) is 2.53. The number of rotatable bonds is 4. The number of furan rings is 1. The van der Waals surface area contributed by atoms with Gasteiger partial charge in [-0.1, -0.05) is 0 Å². The Balaban J connectivity index is 1.92. The van der Waals surface area contributed by atoms with Crippen LogP contribution in [0.25, 0.3) is 0 Å². The maximum atomic E-state index is 5.20. The van der Waals surface area contributed by atoms with Gasteiger partial charge in [-0.05, 0) is 19.1 Å². The predicted molar refractivity (Wildman–Crippen MR) is 53.9 cm³/mol. The first-order chi connectivity index (χ1) is 6.88. The molecule has 14 heavy (non-hydrogen) atoms. The summed E-state index contributed by atoms with van der Waals surface area (Å²) in [4.78, 5) is 0. The van der Waals surface area contributed by atoms with E-state index in [1.54, 1.807) is 6.26 Å². The van der Waals surface area contributed by atoms with Gasteiger partial charge in [-0.25, -0.2) is 0 Å². The van der Waals surface area contributed by atoms with Gasteiger partial charge in [0.25, 0.3) is 0 Å². The average Bonchev–Trinajstić information content (AvgIpc) is 2.86. The average molecular weight is 191 g/mol. The smallest absolute Gasteiger partial charge is 0.122 e. The lowest BCUT2D eigenvalue weighted by Crippen LogP contribution is -1.97. The monoisotopic (exact) mass is 191 g/mol. The van der Waals surface area contributed by atoms with Gasteiger partial charge >= 0.3 is 0 Å². The van der Waals surface area contributed by atoms with Crippen LogP contribution in [0.5, 0.6) is 0 Å². The second-order valence-electron chi connectivity index (χ2n) is 3.02. The summed E-state index contributed by atoms with van der Waals surface area (Å²) in [5, 5.41) is 7.38. The van der Waals surface area contributed by atoms with Crippen LogP contribution in [0.3, 0.4) is 0 Å². The van der Waals surface area contributed by atoms with Crippen molar-refractivity contribution >= 4 is 5.69 Å². The van der Waals surface area contributed by atoms with E-state index in [2.05, 4.69) is 17.3 Å². The fraction of sp³-hybridized carbons (Fsp3) is 0.300. The maximum Gasteiger partial charge on any atom is 0.122 e. The topological polar surface area (TPSA) is 43.0 Å². The van der Waals surface area contributed by atoms with E-state index in [0.717, 1.165) is 18.0 Å². The molecule has 0 aliphatic carbocycles. The van der Waals surface area contributed by atoms with Crippen molar-refractivity contribution in [2.45, 2.75) is 20.0 Å². The van der Waals surface area contributed by atoms with Gasteiger partial charge in [0.05, 0.1) is 24.7 Å². The van der Waals surface area contributed by atoms with Crippen LogP contribution in [0.4, 0.5) is 5.69 Å². The minimum absolute atomic E-state index is 0.697. The molecule has 0 aliphatic heterocycles. The molecule has 0 radical (unpaired) electrons. The van der Waals surface area contributed by atoms with E-state index in [-0.39, 0.29) is 0 Å². The number of nitrogens with one attached hydrogen (secondary N) is 1. The molecule has 4 heteroatoms. The molecular formula is C10H13N3O. The normalized spacial score (nSPS) is 10.4. The van der Waals surface area contributed by atoms with Gasteiger partial charge in [-0.2, -0.15) is 5.10 Å². The van der Waals surface area contributed by atoms with Gasteiger partial charge in [0, 0.05) is 12.7 Å². The zero-order valence-corrected chi connectivity index (χ0v) is 8.10. The van der Waals surface area contributed by atoms with Crippen molar-refractivity contribution in [3.8, 4) is 0 Å². The number of hydrogen-bond acceptors (Lipinski definition) is 3. The molecule has 74 valence electrons. The van der Waals surface area contributed by atoms with E-state index in [4.69, 9.17) is 4.42 Å². The summed E-state index contributed by atoms with van der Waals surface area (Å²) in [7, 11) is 0. The highest BCUT2D eigenvalue weighted by Crippen LogP contribution is 2.08. The lowest BCUT2D eigenvalue weighted by Gasteiger charge is -1.99. The van der Waals surface area contributed by atoms with Crippen molar-refractivity contribution in [1.82, 2.24) is 9.78 Å². The van der Waals surface area contributed by atoms with Crippen molar-refractivity contribution in [3.63, 3.8) is 0 Å². The number of nitrogens with zero attached hydrogens (tertiary/aromatic N) is 2. The standard InChI is InChI=1S/C10H13N3O/c1-2-13-8-9(6-12-13)11-7-10-4-3-5-14-10/h3-6,8,11H,2,7H2,1H3. The molecule has 2 rings (SSSR count). The van der Waals surface area contributed by atoms with Crippen molar-refractivity contribution in [2.75, 3.05) is 5.32 Å². The Bertz CT molecular complexity index is 378. The molecule has 0 spiro atoms. The van der Waals surface area contributed by atoms with Crippen LogP contribution in [-0.4, -0.2) is 9.78 Å². The fourth-order valence-corrected chi connectivity index (χ4v) is 1.23.